The van der Waals surface area contributed by atoms with Gasteiger partial charge in [0.1, 0.15) is 17.5 Å². The lowest BCUT2D eigenvalue weighted by molar-refractivity contribution is -0.0790. The van der Waals surface area contributed by atoms with E-state index >= 15 is 0 Å². The van der Waals surface area contributed by atoms with E-state index in [9.17, 15) is 26.3 Å². The molecule has 0 spiro atoms. The fraction of sp³-hybridized carbons (Fsp3) is 0.417. The molecule has 0 nitrogen and oxygen atoms in total. The van der Waals surface area contributed by atoms with Gasteiger partial charge < -0.3 is 0 Å². The number of hydrogen-bond donors (Lipinski definition) is 0. The van der Waals surface area contributed by atoms with Crippen molar-refractivity contribution in [2.75, 3.05) is 0 Å². The zero-order valence-corrected chi connectivity index (χ0v) is 17.8. The van der Waals surface area contributed by atoms with Crippen LogP contribution in [-0.2, 0) is 6.42 Å². The Morgan fingerprint density at radius 3 is 2.10 bits per heavy atom. The predicted octanol–water partition coefficient (Wildman–Crippen LogP) is 8.76. The molecule has 0 radical (unpaired) electrons. The molecule has 1 aliphatic carbocycles. The molecule has 168 valence electrons. The summed E-state index contributed by atoms with van der Waals surface area (Å²) in [6.45, 7) is 2.23. The topological polar surface area (TPSA) is 0 Å². The van der Waals surface area contributed by atoms with Crippen molar-refractivity contribution in [3.8, 4) is 11.1 Å². The molecule has 0 heterocycles. The van der Waals surface area contributed by atoms with Crippen LogP contribution in [0.5, 0.6) is 0 Å². The molecular weight excluding hydrogens is 438 g/mol. The van der Waals surface area contributed by atoms with E-state index in [-0.39, 0.29) is 16.7 Å². The first kappa shape index (κ1) is 23.7. The minimum atomic E-state index is -4.64. The molecule has 1 aliphatic rings. The van der Waals surface area contributed by atoms with Gasteiger partial charge in [0.05, 0.1) is 10.6 Å². The molecule has 3 rings (SSSR count). The largest absolute Gasteiger partial charge is 0.409 e. The maximum atomic E-state index is 14.7. The first-order valence-electron chi connectivity index (χ1n) is 10.3. The van der Waals surface area contributed by atoms with Crippen LogP contribution in [0.3, 0.4) is 0 Å². The smallest absolute Gasteiger partial charge is 0.206 e. The molecule has 31 heavy (non-hydrogen) atoms. The zero-order chi connectivity index (χ0) is 22.8. The van der Waals surface area contributed by atoms with Gasteiger partial charge >= 0.3 is 6.18 Å². The molecule has 0 N–H and O–H groups in total. The average molecular weight is 461 g/mol. The van der Waals surface area contributed by atoms with Crippen LogP contribution < -0.4 is 0 Å². The van der Waals surface area contributed by atoms with E-state index < -0.39 is 34.8 Å². The van der Waals surface area contributed by atoms with Gasteiger partial charge in [0.25, 0.3) is 0 Å². The van der Waals surface area contributed by atoms with Crippen molar-refractivity contribution in [1.82, 2.24) is 0 Å². The molecule has 0 saturated heterocycles. The Hall–Kier alpha value is -1.95. The molecule has 0 bridgehead atoms. The fourth-order valence-corrected chi connectivity index (χ4v) is 4.37. The van der Waals surface area contributed by atoms with Gasteiger partial charge in [-0.3, -0.25) is 0 Å². The third-order valence-electron chi connectivity index (χ3n) is 5.89. The Morgan fingerprint density at radius 2 is 1.55 bits per heavy atom. The van der Waals surface area contributed by atoms with Crippen LogP contribution in [-0.4, -0.2) is 6.18 Å². The van der Waals surface area contributed by atoms with Crippen LogP contribution in [0.25, 0.3) is 17.2 Å². The van der Waals surface area contributed by atoms with Crippen molar-refractivity contribution in [2.24, 2.45) is 11.8 Å². The summed E-state index contributed by atoms with van der Waals surface area (Å²) in [6.07, 6.45) is 1.69. The summed E-state index contributed by atoms with van der Waals surface area (Å²) in [5.41, 5.74) is -0.604. The minimum absolute atomic E-state index is 0.153. The van der Waals surface area contributed by atoms with E-state index in [1.165, 1.54) is 25.0 Å². The molecule has 0 amide bonds. The summed E-state index contributed by atoms with van der Waals surface area (Å²) < 4.78 is 80.8. The number of allylic oxidation sites excluding steroid dienone is 1. The molecular formula is C24H23ClF6. The van der Waals surface area contributed by atoms with Gasteiger partial charge in [0, 0.05) is 11.6 Å². The minimum Gasteiger partial charge on any atom is -0.206 e. The van der Waals surface area contributed by atoms with E-state index in [1.807, 2.05) is 0 Å². The highest BCUT2D eigenvalue weighted by atomic mass is 35.5. The average Bonchev–Trinajstić information content (AvgIpc) is 2.65. The highest BCUT2D eigenvalue weighted by molar-refractivity contribution is 6.32. The second-order valence-electron chi connectivity index (χ2n) is 8.33. The number of benzene rings is 2. The SMILES string of the molecule is CC1CCC(CCc2cc(F)c(-c3cc(F)c(/C=C/C(F)(F)F)c(Cl)c3)c(F)c2)CC1. The maximum Gasteiger partial charge on any atom is 0.409 e. The van der Waals surface area contributed by atoms with Crippen LogP contribution in [0.2, 0.25) is 5.02 Å². The van der Waals surface area contributed by atoms with E-state index in [0.29, 0.717) is 24.0 Å². The molecule has 0 aliphatic heterocycles. The van der Waals surface area contributed by atoms with E-state index in [0.717, 1.165) is 37.3 Å². The van der Waals surface area contributed by atoms with Gasteiger partial charge in [-0.15, -0.1) is 0 Å². The van der Waals surface area contributed by atoms with Crippen LogP contribution >= 0.6 is 11.6 Å². The Labute approximate surface area is 182 Å². The number of halogens is 7. The first-order valence-corrected chi connectivity index (χ1v) is 10.6. The maximum absolute atomic E-state index is 14.7. The molecule has 7 heteroatoms. The summed E-state index contributed by atoms with van der Waals surface area (Å²) in [5.74, 6) is -1.54. The Bertz CT molecular complexity index is 909. The number of rotatable bonds is 5. The second-order valence-corrected chi connectivity index (χ2v) is 8.73. The van der Waals surface area contributed by atoms with Gasteiger partial charge in [-0.25, -0.2) is 13.2 Å². The fourth-order valence-electron chi connectivity index (χ4n) is 4.10. The highest BCUT2D eigenvalue weighted by Gasteiger charge is 2.23. The first-order chi connectivity index (χ1) is 14.5. The summed E-state index contributed by atoms with van der Waals surface area (Å²) in [7, 11) is 0. The van der Waals surface area contributed by atoms with Gasteiger partial charge in [-0.2, -0.15) is 13.2 Å². The van der Waals surface area contributed by atoms with Crippen molar-refractivity contribution in [2.45, 2.75) is 51.6 Å². The molecule has 0 aromatic heterocycles. The summed E-state index contributed by atoms with van der Waals surface area (Å²) in [4.78, 5) is 0. The molecule has 1 saturated carbocycles. The predicted molar refractivity (Wildman–Crippen MR) is 111 cm³/mol. The Kier molecular flexibility index (Phi) is 7.40. The molecule has 0 atom stereocenters. The summed E-state index contributed by atoms with van der Waals surface area (Å²) in [5, 5.41) is -0.370. The Morgan fingerprint density at radius 1 is 0.935 bits per heavy atom. The van der Waals surface area contributed by atoms with Crippen molar-refractivity contribution >= 4 is 17.7 Å². The third-order valence-corrected chi connectivity index (χ3v) is 6.20. The Balaban J connectivity index is 1.81. The van der Waals surface area contributed by atoms with Crippen molar-refractivity contribution in [1.29, 1.82) is 0 Å². The second kappa shape index (κ2) is 9.68. The van der Waals surface area contributed by atoms with E-state index in [1.54, 1.807) is 0 Å². The van der Waals surface area contributed by atoms with Gasteiger partial charge in [-0.1, -0.05) is 44.2 Å². The monoisotopic (exact) mass is 460 g/mol. The summed E-state index contributed by atoms with van der Waals surface area (Å²) >= 11 is 5.89. The van der Waals surface area contributed by atoms with Gasteiger partial charge in [0.15, 0.2) is 0 Å². The lowest BCUT2D eigenvalue weighted by Gasteiger charge is -2.26. The summed E-state index contributed by atoms with van der Waals surface area (Å²) in [6, 6.07) is 4.30. The van der Waals surface area contributed by atoms with Crippen LogP contribution in [0.4, 0.5) is 26.3 Å². The molecule has 2 aromatic rings. The van der Waals surface area contributed by atoms with Crippen molar-refractivity contribution in [3.63, 3.8) is 0 Å². The van der Waals surface area contributed by atoms with Crippen molar-refractivity contribution in [3.05, 3.63) is 63.9 Å². The van der Waals surface area contributed by atoms with Gasteiger partial charge in [0.2, 0.25) is 0 Å². The zero-order valence-electron chi connectivity index (χ0n) is 17.0. The third kappa shape index (κ3) is 6.28. The van der Waals surface area contributed by atoms with Crippen molar-refractivity contribution < 1.29 is 26.3 Å². The van der Waals surface area contributed by atoms with Crippen LogP contribution in [0.1, 0.15) is 50.2 Å². The lowest BCUT2D eigenvalue weighted by Crippen LogP contribution is -2.13. The molecule has 2 aromatic carbocycles. The van der Waals surface area contributed by atoms with E-state index in [2.05, 4.69) is 6.92 Å². The van der Waals surface area contributed by atoms with Crippen LogP contribution in [0.15, 0.2) is 30.3 Å². The standard InChI is InChI=1S/C24H23ClF6/c1-14-2-4-15(5-3-14)6-7-16-10-21(27)23(22(28)11-16)17-12-19(25)18(20(26)13-17)8-9-24(29,30)31/h8-15H,2-7H2,1H3/b9-8+. The molecule has 0 unspecified atom stereocenters. The highest BCUT2D eigenvalue weighted by Crippen LogP contribution is 2.35. The van der Waals surface area contributed by atoms with Gasteiger partial charge in [-0.05, 0) is 66.1 Å². The van der Waals surface area contributed by atoms with Crippen LogP contribution in [0, 0.1) is 29.3 Å². The number of hydrogen-bond acceptors (Lipinski definition) is 0. The number of alkyl halides is 3. The normalized spacial score (nSPS) is 19.9. The van der Waals surface area contributed by atoms with E-state index in [4.69, 9.17) is 11.6 Å². The number of aryl methyl sites for hydroxylation is 1. The quantitative estimate of drug-likeness (QED) is 0.391. The lowest BCUT2D eigenvalue weighted by atomic mass is 9.80. The molecule has 1 fully saturated rings.